The Hall–Kier alpha value is -3.27. The number of carbonyl (C=O) groups excluding carboxylic acids is 1. The van der Waals surface area contributed by atoms with Crippen molar-refractivity contribution in [3.63, 3.8) is 0 Å². The quantitative estimate of drug-likeness (QED) is 0.680. The summed E-state index contributed by atoms with van der Waals surface area (Å²) in [4.78, 5) is 12.5. The summed E-state index contributed by atoms with van der Waals surface area (Å²) in [6.07, 6.45) is 0. The van der Waals surface area contributed by atoms with Crippen LogP contribution in [0.2, 0.25) is 0 Å². The molecule has 4 heteroatoms. The summed E-state index contributed by atoms with van der Waals surface area (Å²) in [6, 6.07) is 27.0. The van der Waals surface area contributed by atoms with Crippen LogP contribution in [0.25, 0.3) is 0 Å². The van der Waals surface area contributed by atoms with Gasteiger partial charge in [0.25, 0.3) is 5.91 Å². The molecular weight excluding hydrogens is 298 g/mol. The third-order valence-electron chi connectivity index (χ3n) is 3.57. The summed E-state index contributed by atoms with van der Waals surface area (Å²) in [5.74, 6) is -0.0925. The molecule has 0 bridgehead atoms. The van der Waals surface area contributed by atoms with Gasteiger partial charge in [0.15, 0.2) is 0 Å². The Kier molecular flexibility index (Phi) is 4.77. The van der Waals surface area contributed by atoms with E-state index in [0.717, 1.165) is 17.1 Å². The summed E-state index contributed by atoms with van der Waals surface area (Å²) in [5.41, 5.74) is 6.51. The number of nitrogens with zero attached hydrogens (tertiary/aromatic N) is 1. The van der Waals surface area contributed by atoms with Crippen molar-refractivity contribution < 1.29 is 4.79 Å². The molecular formula is C20H19N3O. The smallest absolute Gasteiger partial charge is 0.271 e. The largest absolute Gasteiger partial charge is 0.356 e. The Bertz CT molecular complexity index is 786. The van der Waals surface area contributed by atoms with Crippen molar-refractivity contribution in [1.82, 2.24) is 5.01 Å². The van der Waals surface area contributed by atoms with Gasteiger partial charge >= 0.3 is 0 Å². The summed E-state index contributed by atoms with van der Waals surface area (Å²) in [5, 5.41) is 4.78. The number of hydrogen-bond donors (Lipinski definition) is 2. The zero-order valence-electron chi connectivity index (χ0n) is 13.4. The van der Waals surface area contributed by atoms with Gasteiger partial charge in [-0.25, -0.2) is 0 Å². The second kappa shape index (κ2) is 7.33. The first-order valence-corrected chi connectivity index (χ1v) is 7.74. The molecule has 0 radical (unpaired) electrons. The van der Waals surface area contributed by atoms with Gasteiger partial charge in [0.1, 0.15) is 0 Å². The first kappa shape index (κ1) is 15.6. The number of hydrazine groups is 1. The number of para-hydroxylation sites is 2. The van der Waals surface area contributed by atoms with Gasteiger partial charge in [-0.3, -0.25) is 15.2 Å². The fraction of sp³-hybridized carbons (Fsp3) is 0.0500. The lowest BCUT2D eigenvalue weighted by Gasteiger charge is -2.19. The van der Waals surface area contributed by atoms with Gasteiger partial charge in [0.2, 0.25) is 0 Å². The van der Waals surface area contributed by atoms with Crippen LogP contribution in [0.3, 0.4) is 0 Å². The molecule has 0 saturated heterocycles. The number of benzene rings is 3. The molecule has 0 fully saturated rings. The lowest BCUT2D eigenvalue weighted by molar-refractivity contribution is 0.0826. The van der Waals surface area contributed by atoms with Gasteiger partial charge in [-0.05, 0) is 48.5 Å². The highest BCUT2D eigenvalue weighted by Gasteiger charge is 2.11. The zero-order chi connectivity index (χ0) is 16.8. The number of carbonyl (C=O) groups is 1. The van der Waals surface area contributed by atoms with E-state index < -0.39 is 0 Å². The lowest BCUT2D eigenvalue weighted by Crippen LogP contribution is -2.32. The molecule has 0 atom stereocenters. The minimum atomic E-state index is -0.0925. The molecule has 3 rings (SSSR count). The van der Waals surface area contributed by atoms with Crippen LogP contribution in [0.4, 0.5) is 17.1 Å². The molecule has 0 aliphatic rings. The summed E-state index contributed by atoms with van der Waals surface area (Å²) in [7, 11) is 1.71. The van der Waals surface area contributed by atoms with Crippen LogP contribution >= 0.6 is 0 Å². The van der Waals surface area contributed by atoms with Crippen molar-refractivity contribution in [3.05, 3.63) is 90.5 Å². The number of anilines is 3. The fourth-order valence-corrected chi connectivity index (χ4v) is 2.34. The van der Waals surface area contributed by atoms with Crippen LogP contribution in [-0.4, -0.2) is 18.0 Å². The molecule has 0 aliphatic heterocycles. The number of amides is 1. The van der Waals surface area contributed by atoms with Crippen LogP contribution in [-0.2, 0) is 0 Å². The molecule has 120 valence electrons. The fourth-order valence-electron chi connectivity index (χ4n) is 2.34. The maximum Gasteiger partial charge on any atom is 0.271 e. The van der Waals surface area contributed by atoms with Crippen molar-refractivity contribution in [2.75, 3.05) is 17.8 Å². The molecule has 2 N–H and O–H groups in total. The van der Waals surface area contributed by atoms with Crippen molar-refractivity contribution in [2.45, 2.75) is 0 Å². The standard InChI is InChI=1S/C20H19N3O/c1-23(22-19-10-6-3-7-11-19)20(24)16-12-14-18(15-13-16)21-17-8-4-2-5-9-17/h2-15,21-22H,1H3. The molecule has 1 amide bonds. The Morgan fingerprint density at radius 1 is 0.708 bits per heavy atom. The van der Waals surface area contributed by atoms with Gasteiger partial charge < -0.3 is 5.32 Å². The van der Waals surface area contributed by atoms with E-state index >= 15 is 0 Å². The van der Waals surface area contributed by atoms with Crippen molar-refractivity contribution in [1.29, 1.82) is 0 Å². The Labute approximate surface area is 141 Å². The second-order valence-electron chi connectivity index (χ2n) is 5.41. The van der Waals surface area contributed by atoms with Crippen molar-refractivity contribution in [2.24, 2.45) is 0 Å². The van der Waals surface area contributed by atoms with Crippen LogP contribution in [0.15, 0.2) is 84.9 Å². The summed E-state index contributed by atoms with van der Waals surface area (Å²) < 4.78 is 0. The third-order valence-corrected chi connectivity index (χ3v) is 3.57. The minimum absolute atomic E-state index is 0.0925. The van der Waals surface area contributed by atoms with Gasteiger partial charge in [-0.15, -0.1) is 0 Å². The molecule has 3 aromatic carbocycles. The molecule has 0 aliphatic carbocycles. The van der Waals surface area contributed by atoms with Gasteiger partial charge in [0.05, 0.1) is 5.69 Å². The summed E-state index contributed by atoms with van der Waals surface area (Å²) >= 11 is 0. The molecule has 0 heterocycles. The zero-order valence-corrected chi connectivity index (χ0v) is 13.4. The Morgan fingerprint density at radius 2 is 1.21 bits per heavy atom. The Morgan fingerprint density at radius 3 is 1.79 bits per heavy atom. The van der Waals surface area contributed by atoms with Gasteiger partial charge in [-0.2, -0.15) is 0 Å². The number of hydrogen-bond acceptors (Lipinski definition) is 3. The van der Waals surface area contributed by atoms with Gasteiger partial charge in [-0.1, -0.05) is 36.4 Å². The predicted molar refractivity (Wildman–Crippen MR) is 98.3 cm³/mol. The molecule has 3 aromatic rings. The third kappa shape index (κ3) is 3.93. The number of rotatable bonds is 5. The SMILES string of the molecule is CN(Nc1ccccc1)C(=O)c1ccc(Nc2ccccc2)cc1. The molecule has 24 heavy (non-hydrogen) atoms. The van der Waals surface area contributed by atoms with E-state index in [1.807, 2.05) is 84.9 Å². The molecule has 0 saturated carbocycles. The molecule has 0 aromatic heterocycles. The maximum atomic E-state index is 12.5. The summed E-state index contributed by atoms with van der Waals surface area (Å²) in [6.45, 7) is 0. The van der Waals surface area contributed by atoms with Crippen LogP contribution < -0.4 is 10.7 Å². The van der Waals surface area contributed by atoms with E-state index in [0.29, 0.717) is 5.56 Å². The first-order chi connectivity index (χ1) is 11.7. The van der Waals surface area contributed by atoms with Crippen LogP contribution in [0.5, 0.6) is 0 Å². The van der Waals surface area contributed by atoms with Crippen molar-refractivity contribution in [3.8, 4) is 0 Å². The Balaban J connectivity index is 1.65. The van der Waals surface area contributed by atoms with E-state index in [4.69, 9.17) is 0 Å². The van der Waals surface area contributed by atoms with E-state index in [-0.39, 0.29) is 5.91 Å². The highest BCUT2D eigenvalue weighted by Crippen LogP contribution is 2.17. The maximum absolute atomic E-state index is 12.5. The van der Waals surface area contributed by atoms with E-state index in [1.54, 1.807) is 7.05 Å². The topological polar surface area (TPSA) is 44.4 Å². The van der Waals surface area contributed by atoms with Gasteiger partial charge in [0, 0.05) is 24.0 Å². The normalized spacial score (nSPS) is 10.0. The average Bonchev–Trinajstić information content (AvgIpc) is 2.63. The predicted octanol–water partition coefficient (Wildman–Crippen LogP) is 4.53. The van der Waals surface area contributed by atoms with Crippen molar-refractivity contribution >= 4 is 23.0 Å². The second-order valence-corrected chi connectivity index (χ2v) is 5.41. The first-order valence-electron chi connectivity index (χ1n) is 7.74. The minimum Gasteiger partial charge on any atom is -0.356 e. The van der Waals surface area contributed by atoms with E-state index in [1.165, 1.54) is 5.01 Å². The monoisotopic (exact) mass is 317 g/mol. The number of nitrogens with one attached hydrogen (secondary N) is 2. The average molecular weight is 317 g/mol. The molecule has 0 unspecified atom stereocenters. The highest BCUT2D eigenvalue weighted by molar-refractivity contribution is 5.95. The van der Waals surface area contributed by atoms with Crippen LogP contribution in [0, 0.1) is 0 Å². The van der Waals surface area contributed by atoms with E-state index in [9.17, 15) is 4.79 Å². The van der Waals surface area contributed by atoms with Crippen LogP contribution in [0.1, 0.15) is 10.4 Å². The molecule has 0 spiro atoms. The van der Waals surface area contributed by atoms with E-state index in [2.05, 4.69) is 10.7 Å². The lowest BCUT2D eigenvalue weighted by atomic mass is 10.2. The highest BCUT2D eigenvalue weighted by atomic mass is 16.2. The molecule has 4 nitrogen and oxygen atoms in total.